The number of hydrogen-bond acceptors (Lipinski definition) is 5. The van der Waals surface area contributed by atoms with Crippen LogP contribution in [0.25, 0.3) is 0 Å². The van der Waals surface area contributed by atoms with Gasteiger partial charge in [-0.2, -0.15) is 0 Å². The summed E-state index contributed by atoms with van der Waals surface area (Å²) >= 11 is 0. The summed E-state index contributed by atoms with van der Waals surface area (Å²) in [6, 6.07) is 0. The van der Waals surface area contributed by atoms with E-state index in [-0.39, 0.29) is 12.1 Å². The van der Waals surface area contributed by atoms with E-state index in [1.165, 1.54) is 7.11 Å². The molecule has 0 aromatic heterocycles. The Labute approximate surface area is 109 Å². The van der Waals surface area contributed by atoms with E-state index in [0.29, 0.717) is 13.2 Å². The van der Waals surface area contributed by atoms with E-state index >= 15 is 0 Å². The van der Waals surface area contributed by atoms with Gasteiger partial charge in [0, 0.05) is 20.8 Å². The van der Waals surface area contributed by atoms with Crippen LogP contribution in [0.3, 0.4) is 0 Å². The summed E-state index contributed by atoms with van der Waals surface area (Å²) in [5.74, 6) is 0. The fraction of sp³-hybridized carbons (Fsp3) is 1.00. The Morgan fingerprint density at radius 3 is 2.61 bits per heavy atom. The third-order valence-electron chi connectivity index (χ3n) is 3.30. The monoisotopic (exact) mass is 280 g/mol. The Morgan fingerprint density at radius 1 is 1.39 bits per heavy atom. The lowest BCUT2D eigenvalue weighted by Gasteiger charge is -2.29. The molecule has 2 N–H and O–H groups in total. The van der Waals surface area contributed by atoms with Gasteiger partial charge in [0.2, 0.25) is 10.0 Å². The molecule has 0 saturated carbocycles. The topological polar surface area (TPSA) is 76.7 Å². The van der Waals surface area contributed by atoms with Gasteiger partial charge in [-0.15, -0.1) is 0 Å². The predicted molar refractivity (Wildman–Crippen MR) is 70.1 cm³/mol. The minimum Gasteiger partial charge on any atom is -0.383 e. The smallest absolute Gasteiger partial charge is 0.216 e. The van der Waals surface area contributed by atoms with Gasteiger partial charge in [-0.1, -0.05) is 0 Å². The molecule has 0 aromatic carbocycles. The summed E-state index contributed by atoms with van der Waals surface area (Å²) < 4.78 is 36.6. The molecule has 0 amide bonds. The van der Waals surface area contributed by atoms with Crippen molar-refractivity contribution in [2.45, 2.75) is 30.6 Å². The van der Waals surface area contributed by atoms with Crippen molar-refractivity contribution in [1.82, 2.24) is 10.0 Å². The van der Waals surface area contributed by atoms with Gasteiger partial charge in [0.1, 0.15) is 0 Å². The van der Waals surface area contributed by atoms with Gasteiger partial charge in [-0.3, -0.25) is 0 Å². The molecule has 1 fully saturated rings. The van der Waals surface area contributed by atoms with Crippen LogP contribution in [0.4, 0.5) is 0 Å². The Kier molecular flexibility index (Phi) is 6.00. The van der Waals surface area contributed by atoms with Gasteiger partial charge in [0.15, 0.2) is 0 Å². The third-order valence-corrected chi connectivity index (χ3v) is 5.04. The summed E-state index contributed by atoms with van der Waals surface area (Å²) in [7, 11) is -0.211. The highest BCUT2D eigenvalue weighted by atomic mass is 32.2. The van der Waals surface area contributed by atoms with Crippen molar-refractivity contribution in [3.05, 3.63) is 0 Å². The molecule has 0 aromatic rings. The third kappa shape index (κ3) is 4.17. The van der Waals surface area contributed by atoms with Crippen molar-refractivity contribution < 1.29 is 17.9 Å². The number of ether oxygens (including phenoxy) is 2. The summed E-state index contributed by atoms with van der Waals surface area (Å²) in [6.45, 7) is 3.60. The van der Waals surface area contributed by atoms with E-state index in [1.54, 1.807) is 14.0 Å². The zero-order chi connectivity index (χ0) is 13.6. The van der Waals surface area contributed by atoms with Crippen LogP contribution in [0, 0.1) is 0 Å². The zero-order valence-corrected chi connectivity index (χ0v) is 12.2. The molecule has 6 nitrogen and oxygen atoms in total. The molecule has 18 heavy (non-hydrogen) atoms. The summed E-state index contributed by atoms with van der Waals surface area (Å²) in [5, 5.41) is 2.78. The molecule has 0 spiro atoms. The standard InChI is InChI=1S/C11H24N2O4S/c1-10(7-16-2)18(14,15)13-8-11(9-17-3)5-4-6-12-11/h10,12-13H,4-9H2,1-3H3. The molecule has 2 unspecified atom stereocenters. The zero-order valence-electron chi connectivity index (χ0n) is 11.4. The lowest BCUT2D eigenvalue weighted by atomic mass is 9.99. The van der Waals surface area contributed by atoms with Crippen LogP contribution >= 0.6 is 0 Å². The Hall–Kier alpha value is -0.210. The van der Waals surface area contributed by atoms with Gasteiger partial charge in [-0.05, 0) is 26.3 Å². The maximum atomic E-state index is 12.0. The average Bonchev–Trinajstić information content (AvgIpc) is 2.77. The fourth-order valence-corrected chi connectivity index (χ4v) is 3.25. The molecule has 1 aliphatic rings. The van der Waals surface area contributed by atoms with Crippen LogP contribution in [0.15, 0.2) is 0 Å². The molecule has 7 heteroatoms. The summed E-state index contributed by atoms with van der Waals surface area (Å²) in [6.07, 6.45) is 1.96. The van der Waals surface area contributed by atoms with Crippen LogP contribution in [-0.2, 0) is 19.5 Å². The summed E-state index contributed by atoms with van der Waals surface area (Å²) in [4.78, 5) is 0. The minimum atomic E-state index is -3.34. The average molecular weight is 280 g/mol. The number of hydrogen-bond donors (Lipinski definition) is 2. The predicted octanol–water partition coefficient (Wildman–Crippen LogP) is -0.291. The Morgan fingerprint density at radius 2 is 2.11 bits per heavy atom. The van der Waals surface area contributed by atoms with Gasteiger partial charge >= 0.3 is 0 Å². The fourth-order valence-electron chi connectivity index (χ4n) is 2.18. The highest BCUT2D eigenvalue weighted by molar-refractivity contribution is 7.90. The first-order valence-electron chi connectivity index (χ1n) is 6.17. The molecule has 0 bridgehead atoms. The maximum Gasteiger partial charge on any atom is 0.216 e. The Bertz CT molecular complexity index is 339. The first kappa shape index (κ1) is 15.8. The number of sulfonamides is 1. The molecule has 108 valence electrons. The van der Waals surface area contributed by atoms with Crippen LogP contribution in [-0.4, -0.2) is 59.7 Å². The van der Waals surface area contributed by atoms with Crippen molar-refractivity contribution in [3.8, 4) is 0 Å². The van der Waals surface area contributed by atoms with Crippen LogP contribution in [0.5, 0.6) is 0 Å². The first-order chi connectivity index (χ1) is 8.46. The lowest BCUT2D eigenvalue weighted by Crippen LogP contribution is -2.54. The number of rotatable bonds is 8. The van der Waals surface area contributed by atoms with E-state index in [0.717, 1.165) is 19.4 Å². The molecule has 1 saturated heterocycles. The highest BCUT2D eigenvalue weighted by Crippen LogP contribution is 2.19. The van der Waals surface area contributed by atoms with Crippen molar-refractivity contribution in [1.29, 1.82) is 0 Å². The largest absolute Gasteiger partial charge is 0.383 e. The van der Waals surface area contributed by atoms with Crippen molar-refractivity contribution >= 4 is 10.0 Å². The van der Waals surface area contributed by atoms with Gasteiger partial charge in [0.05, 0.1) is 24.0 Å². The highest BCUT2D eigenvalue weighted by Gasteiger charge is 2.35. The maximum absolute atomic E-state index is 12.0. The van der Waals surface area contributed by atoms with E-state index in [2.05, 4.69) is 10.0 Å². The quantitative estimate of drug-likeness (QED) is 0.639. The number of nitrogens with one attached hydrogen (secondary N) is 2. The van der Waals surface area contributed by atoms with E-state index in [1.807, 2.05) is 0 Å². The molecule has 1 aliphatic heterocycles. The van der Waals surface area contributed by atoms with E-state index in [9.17, 15) is 8.42 Å². The van der Waals surface area contributed by atoms with Crippen molar-refractivity contribution in [3.63, 3.8) is 0 Å². The van der Waals surface area contributed by atoms with Crippen LogP contribution < -0.4 is 10.0 Å². The van der Waals surface area contributed by atoms with Gasteiger partial charge in [-0.25, -0.2) is 13.1 Å². The van der Waals surface area contributed by atoms with Crippen molar-refractivity contribution in [2.24, 2.45) is 0 Å². The number of methoxy groups -OCH3 is 2. The molecule has 0 aliphatic carbocycles. The molecular weight excluding hydrogens is 256 g/mol. The SMILES string of the molecule is COCC(C)S(=O)(=O)NCC1(COC)CCCN1. The van der Waals surface area contributed by atoms with Gasteiger partial charge in [0.25, 0.3) is 0 Å². The van der Waals surface area contributed by atoms with E-state index in [4.69, 9.17) is 9.47 Å². The second-order valence-electron chi connectivity index (χ2n) is 4.88. The van der Waals surface area contributed by atoms with Crippen LogP contribution in [0.1, 0.15) is 19.8 Å². The van der Waals surface area contributed by atoms with E-state index < -0.39 is 15.3 Å². The summed E-state index contributed by atoms with van der Waals surface area (Å²) in [5.41, 5.74) is -0.269. The second kappa shape index (κ2) is 6.81. The molecular formula is C11H24N2O4S. The second-order valence-corrected chi connectivity index (χ2v) is 7.06. The van der Waals surface area contributed by atoms with Crippen LogP contribution in [0.2, 0.25) is 0 Å². The Balaban J connectivity index is 2.56. The normalized spacial score (nSPS) is 26.4. The first-order valence-corrected chi connectivity index (χ1v) is 7.72. The van der Waals surface area contributed by atoms with Crippen molar-refractivity contribution in [2.75, 3.05) is 40.5 Å². The lowest BCUT2D eigenvalue weighted by molar-refractivity contribution is 0.122. The molecule has 1 rings (SSSR count). The molecule has 1 heterocycles. The van der Waals surface area contributed by atoms with Gasteiger partial charge < -0.3 is 14.8 Å². The molecule has 2 atom stereocenters. The molecule has 0 radical (unpaired) electrons. The minimum absolute atomic E-state index is 0.194.